The number of halogens is 3. The first-order chi connectivity index (χ1) is 14.5. The number of rotatable bonds is 6. The lowest BCUT2D eigenvalue weighted by atomic mass is 10.1. The van der Waals surface area contributed by atoms with E-state index in [0.717, 1.165) is 10.0 Å². The summed E-state index contributed by atoms with van der Waals surface area (Å²) in [6, 6.07) is 21.5. The van der Waals surface area contributed by atoms with E-state index in [1.54, 1.807) is 42.5 Å². The third-order valence-electron chi connectivity index (χ3n) is 4.10. The Labute approximate surface area is 192 Å². The Balaban J connectivity index is 1.73. The molecule has 0 saturated carbocycles. The summed E-state index contributed by atoms with van der Waals surface area (Å²) in [5, 5.41) is 12.8. The van der Waals surface area contributed by atoms with E-state index in [9.17, 15) is 10.1 Å². The Kier molecular flexibility index (Phi) is 7.53. The lowest BCUT2D eigenvalue weighted by Gasteiger charge is -2.10. The topological polar surface area (TPSA) is 62.1 Å². The molecule has 0 unspecified atom stereocenters. The number of benzene rings is 3. The molecule has 0 spiro atoms. The Morgan fingerprint density at radius 2 is 1.80 bits per heavy atom. The molecule has 150 valence electrons. The van der Waals surface area contributed by atoms with Crippen molar-refractivity contribution < 1.29 is 9.53 Å². The van der Waals surface area contributed by atoms with Crippen LogP contribution in [-0.4, -0.2) is 5.91 Å². The fourth-order valence-electron chi connectivity index (χ4n) is 2.56. The van der Waals surface area contributed by atoms with Gasteiger partial charge in [0.05, 0.1) is 15.7 Å². The van der Waals surface area contributed by atoms with Gasteiger partial charge in [-0.25, -0.2) is 0 Å². The minimum Gasteiger partial charge on any atom is -0.487 e. The van der Waals surface area contributed by atoms with Gasteiger partial charge >= 0.3 is 0 Å². The lowest BCUT2D eigenvalue weighted by molar-refractivity contribution is -0.112. The van der Waals surface area contributed by atoms with Gasteiger partial charge in [0.2, 0.25) is 0 Å². The molecule has 0 aromatic heterocycles. The van der Waals surface area contributed by atoms with Crippen molar-refractivity contribution in [1.82, 2.24) is 0 Å². The summed E-state index contributed by atoms with van der Waals surface area (Å²) in [5.41, 5.74) is 1.94. The monoisotopic (exact) mass is 500 g/mol. The summed E-state index contributed by atoms with van der Waals surface area (Å²) < 4.78 is 6.74. The van der Waals surface area contributed by atoms with Crippen molar-refractivity contribution in [2.24, 2.45) is 0 Å². The van der Waals surface area contributed by atoms with Crippen molar-refractivity contribution in [3.05, 3.63) is 97.9 Å². The molecule has 7 heteroatoms. The van der Waals surface area contributed by atoms with E-state index in [2.05, 4.69) is 21.2 Å². The number of carbonyl (C=O) groups excluding carboxylic acids is 1. The van der Waals surface area contributed by atoms with E-state index in [-0.39, 0.29) is 5.57 Å². The fraction of sp³-hybridized carbons (Fsp3) is 0.0435. The molecular formula is C23H15BrCl2N2O2. The third-order valence-corrected chi connectivity index (χ3v) is 5.49. The highest BCUT2D eigenvalue weighted by Gasteiger charge is 2.12. The molecule has 3 aromatic rings. The van der Waals surface area contributed by atoms with Crippen molar-refractivity contribution in [3.8, 4) is 11.8 Å². The summed E-state index contributed by atoms with van der Waals surface area (Å²) in [5.74, 6) is -0.0560. The van der Waals surface area contributed by atoms with Gasteiger partial charge in [-0.3, -0.25) is 4.79 Å². The smallest absolute Gasteiger partial charge is 0.266 e. The summed E-state index contributed by atoms with van der Waals surface area (Å²) >= 11 is 15.9. The molecular weight excluding hydrogens is 487 g/mol. The van der Waals surface area contributed by atoms with Crippen LogP contribution in [0.5, 0.6) is 5.75 Å². The number of nitrogens with zero attached hydrogens (tertiary/aromatic N) is 1. The van der Waals surface area contributed by atoms with Crippen molar-refractivity contribution in [3.63, 3.8) is 0 Å². The average Bonchev–Trinajstić information content (AvgIpc) is 2.74. The highest BCUT2D eigenvalue weighted by atomic mass is 79.9. The van der Waals surface area contributed by atoms with Gasteiger partial charge in [-0.2, -0.15) is 5.26 Å². The molecule has 4 nitrogen and oxygen atoms in total. The zero-order chi connectivity index (χ0) is 21.5. The Morgan fingerprint density at radius 3 is 2.50 bits per heavy atom. The Hall–Kier alpha value is -2.78. The maximum absolute atomic E-state index is 12.4. The number of nitriles is 1. The first-order valence-corrected chi connectivity index (χ1v) is 10.4. The number of hydrogen-bond donors (Lipinski definition) is 1. The van der Waals surface area contributed by atoms with Crippen molar-refractivity contribution in [2.45, 2.75) is 6.61 Å². The van der Waals surface area contributed by atoms with E-state index in [1.807, 2.05) is 30.3 Å². The van der Waals surface area contributed by atoms with E-state index in [0.29, 0.717) is 33.7 Å². The largest absolute Gasteiger partial charge is 0.487 e. The van der Waals surface area contributed by atoms with Gasteiger partial charge in [-0.1, -0.05) is 75.5 Å². The number of nitrogens with one attached hydrogen (secondary N) is 1. The maximum atomic E-state index is 12.4. The second-order valence-electron chi connectivity index (χ2n) is 6.17. The molecule has 3 rings (SSSR count). The van der Waals surface area contributed by atoms with Crippen LogP contribution in [0.25, 0.3) is 6.08 Å². The van der Waals surface area contributed by atoms with Crippen molar-refractivity contribution in [2.75, 3.05) is 5.32 Å². The number of para-hydroxylation sites is 1. The van der Waals surface area contributed by atoms with E-state index in [4.69, 9.17) is 27.9 Å². The number of carbonyl (C=O) groups is 1. The highest BCUT2D eigenvalue weighted by molar-refractivity contribution is 9.10. The second kappa shape index (κ2) is 10.3. The SMILES string of the molecule is N#C/C(=C\c1ccc(OCc2ccccc2Br)c(Cl)c1)C(=O)Nc1ccccc1Cl. The fourth-order valence-corrected chi connectivity index (χ4v) is 3.39. The third kappa shape index (κ3) is 5.64. The van der Waals surface area contributed by atoms with Gasteiger partial charge in [0, 0.05) is 10.0 Å². The van der Waals surface area contributed by atoms with Gasteiger partial charge in [-0.15, -0.1) is 0 Å². The number of ether oxygens (including phenoxy) is 1. The van der Waals surface area contributed by atoms with Gasteiger partial charge in [-0.05, 0) is 42.0 Å². The zero-order valence-corrected chi connectivity index (χ0v) is 18.6. The molecule has 0 fully saturated rings. The molecule has 0 aliphatic carbocycles. The molecule has 1 N–H and O–H groups in total. The van der Waals surface area contributed by atoms with Crippen LogP contribution < -0.4 is 10.1 Å². The van der Waals surface area contributed by atoms with Crippen LogP contribution in [0, 0.1) is 11.3 Å². The van der Waals surface area contributed by atoms with Gasteiger partial charge < -0.3 is 10.1 Å². The van der Waals surface area contributed by atoms with Crippen LogP contribution in [0.4, 0.5) is 5.69 Å². The number of anilines is 1. The minimum absolute atomic E-state index is 0.0760. The van der Waals surface area contributed by atoms with Crippen LogP contribution in [-0.2, 0) is 11.4 Å². The second-order valence-corrected chi connectivity index (χ2v) is 7.84. The minimum atomic E-state index is -0.559. The molecule has 0 heterocycles. The van der Waals surface area contributed by atoms with Gasteiger partial charge in [0.15, 0.2) is 0 Å². The Bertz CT molecular complexity index is 1160. The molecule has 0 aliphatic rings. The first-order valence-electron chi connectivity index (χ1n) is 8.81. The molecule has 30 heavy (non-hydrogen) atoms. The van der Waals surface area contributed by atoms with Crippen LogP contribution in [0.3, 0.4) is 0 Å². The molecule has 0 saturated heterocycles. The number of amides is 1. The van der Waals surface area contributed by atoms with Gasteiger partial charge in [0.25, 0.3) is 5.91 Å². The van der Waals surface area contributed by atoms with Crippen molar-refractivity contribution in [1.29, 1.82) is 5.26 Å². The summed E-state index contributed by atoms with van der Waals surface area (Å²) in [4.78, 5) is 12.4. The van der Waals surface area contributed by atoms with Crippen LogP contribution in [0.2, 0.25) is 10.0 Å². The summed E-state index contributed by atoms with van der Waals surface area (Å²) in [7, 11) is 0. The van der Waals surface area contributed by atoms with E-state index < -0.39 is 5.91 Å². The molecule has 0 atom stereocenters. The molecule has 0 aliphatic heterocycles. The highest BCUT2D eigenvalue weighted by Crippen LogP contribution is 2.28. The summed E-state index contributed by atoms with van der Waals surface area (Å²) in [6.45, 7) is 0.347. The van der Waals surface area contributed by atoms with E-state index in [1.165, 1.54) is 6.08 Å². The Morgan fingerprint density at radius 1 is 1.07 bits per heavy atom. The quantitative estimate of drug-likeness (QED) is 0.295. The molecule has 1 amide bonds. The predicted molar refractivity (Wildman–Crippen MR) is 124 cm³/mol. The predicted octanol–water partition coefficient (Wildman–Crippen LogP) is 6.88. The van der Waals surface area contributed by atoms with Gasteiger partial charge in [0.1, 0.15) is 24.0 Å². The molecule has 3 aromatic carbocycles. The average molecular weight is 502 g/mol. The lowest BCUT2D eigenvalue weighted by Crippen LogP contribution is -2.13. The number of hydrogen-bond acceptors (Lipinski definition) is 3. The van der Waals surface area contributed by atoms with Crippen molar-refractivity contribution >= 4 is 56.8 Å². The zero-order valence-electron chi connectivity index (χ0n) is 15.5. The first kappa shape index (κ1) is 21.9. The normalized spacial score (nSPS) is 10.9. The van der Waals surface area contributed by atoms with Crippen LogP contribution in [0.15, 0.2) is 76.8 Å². The van der Waals surface area contributed by atoms with Crippen LogP contribution >= 0.6 is 39.1 Å². The molecule has 0 radical (unpaired) electrons. The maximum Gasteiger partial charge on any atom is 0.266 e. The summed E-state index contributed by atoms with van der Waals surface area (Å²) in [6.07, 6.45) is 1.45. The standard InChI is InChI=1S/C23H15BrCl2N2O2/c24-18-6-2-1-5-16(18)14-30-22-10-9-15(12-20(22)26)11-17(13-27)23(29)28-21-8-4-3-7-19(21)25/h1-12H,14H2,(H,28,29)/b17-11+. The van der Waals surface area contributed by atoms with Crippen LogP contribution in [0.1, 0.15) is 11.1 Å². The van der Waals surface area contributed by atoms with E-state index >= 15 is 0 Å². The molecule has 0 bridgehead atoms.